The molecule has 2 N–H and O–H groups in total. The van der Waals surface area contributed by atoms with E-state index in [0.29, 0.717) is 50.0 Å². The fourth-order valence-electron chi connectivity index (χ4n) is 4.19. The predicted octanol–water partition coefficient (Wildman–Crippen LogP) is 3.42. The van der Waals surface area contributed by atoms with Crippen LogP contribution in [0.5, 0.6) is 11.5 Å². The second-order valence-corrected chi connectivity index (χ2v) is 9.47. The molecule has 0 aromatic heterocycles. The van der Waals surface area contributed by atoms with E-state index in [-0.39, 0.29) is 30.8 Å². The Bertz CT molecular complexity index is 1260. The Morgan fingerprint density at radius 3 is 2.12 bits per heavy atom. The molecule has 0 unspecified atom stereocenters. The van der Waals surface area contributed by atoms with Crippen molar-refractivity contribution in [3.05, 3.63) is 90.2 Å². The zero-order chi connectivity index (χ0) is 28.3. The van der Waals surface area contributed by atoms with Crippen molar-refractivity contribution < 1.29 is 28.2 Å². The first-order valence-electron chi connectivity index (χ1n) is 13.1. The Morgan fingerprint density at radius 2 is 1.50 bits per heavy atom. The third kappa shape index (κ3) is 8.89. The third-order valence-electron chi connectivity index (χ3n) is 6.40. The number of ether oxygens (including phenoxy) is 2. The summed E-state index contributed by atoms with van der Waals surface area (Å²) in [6, 6.07) is 21.0. The number of nitrogens with zero attached hydrogens (tertiary/aromatic N) is 2. The van der Waals surface area contributed by atoms with E-state index in [2.05, 4.69) is 10.6 Å². The molecule has 3 amide bonds. The van der Waals surface area contributed by atoms with E-state index in [1.165, 1.54) is 31.2 Å². The van der Waals surface area contributed by atoms with Gasteiger partial charge in [-0.3, -0.25) is 19.3 Å². The van der Waals surface area contributed by atoms with Crippen molar-refractivity contribution in [3.63, 3.8) is 0 Å². The maximum atomic E-state index is 13.2. The fourth-order valence-corrected chi connectivity index (χ4v) is 4.19. The highest BCUT2D eigenvalue weighted by atomic mass is 19.1. The maximum absolute atomic E-state index is 13.2. The van der Waals surface area contributed by atoms with Crippen molar-refractivity contribution in [2.75, 3.05) is 44.6 Å². The molecule has 40 heavy (non-hydrogen) atoms. The van der Waals surface area contributed by atoms with Crippen LogP contribution < -0.4 is 15.4 Å². The van der Waals surface area contributed by atoms with Crippen molar-refractivity contribution in [1.82, 2.24) is 15.1 Å². The van der Waals surface area contributed by atoms with Gasteiger partial charge in [0.25, 0.3) is 0 Å². The average molecular weight is 549 g/mol. The minimum atomic E-state index is -0.926. The molecular weight excluding hydrogens is 515 g/mol. The summed E-state index contributed by atoms with van der Waals surface area (Å²) in [5.74, 6) is -0.0515. The molecule has 0 aliphatic carbocycles. The van der Waals surface area contributed by atoms with Gasteiger partial charge in [0.1, 0.15) is 23.4 Å². The summed E-state index contributed by atoms with van der Waals surface area (Å²) in [7, 11) is 0. The molecule has 3 aromatic carbocycles. The highest BCUT2D eigenvalue weighted by Gasteiger charge is 2.25. The first-order chi connectivity index (χ1) is 19.4. The van der Waals surface area contributed by atoms with Crippen LogP contribution in [-0.2, 0) is 25.7 Å². The third-order valence-corrected chi connectivity index (χ3v) is 6.40. The first-order valence-corrected chi connectivity index (χ1v) is 13.1. The van der Waals surface area contributed by atoms with Gasteiger partial charge in [0, 0.05) is 38.8 Å². The number of halogens is 1. The van der Waals surface area contributed by atoms with E-state index in [1.807, 2.05) is 35.2 Å². The van der Waals surface area contributed by atoms with Crippen LogP contribution in [-0.4, -0.2) is 72.9 Å². The van der Waals surface area contributed by atoms with Crippen LogP contribution in [0.25, 0.3) is 0 Å². The summed E-state index contributed by atoms with van der Waals surface area (Å²) in [4.78, 5) is 41.3. The van der Waals surface area contributed by atoms with Gasteiger partial charge in [-0.15, -0.1) is 0 Å². The zero-order valence-electron chi connectivity index (χ0n) is 22.3. The molecule has 210 valence electrons. The second-order valence-electron chi connectivity index (χ2n) is 9.47. The van der Waals surface area contributed by atoms with Crippen molar-refractivity contribution in [1.29, 1.82) is 0 Å². The summed E-state index contributed by atoms with van der Waals surface area (Å²) in [6.07, 6.45) is 0. The molecule has 0 radical (unpaired) electrons. The van der Waals surface area contributed by atoms with Gasteiger partial charge in [-0.1, -0.05) is 30.3 Å². The Kier molecular flexibility index (Phi) is 10.2. The molecule has 1 saturated heterocycles. The number of piperazine rings is 1. The van der Waals surface area contributed by atoms with Gasteiger partial charge in [0.15, 0.2) is 0 Å². The molecule has 0 bridgehead atoms. The smallest absolute Gasteiger partial charge is 0.249 e. The van der Waals surface area contributed by atoms with Crippen LogP contribution in [0.4, 0.5) is 10.1 Å². The number of benzene rings is 3. The molecule has 1 heterocycles. The lowest BCUT2D eigenvalue weighted by molar-refractivity contribution is -0.132. The number of hydrogen-bond donors (Lipinski definition) is 2. The SMILES string of the molecule is CC(=O)N1CCN(CC(=O)N[C@@H](COCc2ccccc2)C(=O)Nc2ccc(Oc3ccc(F)cc3)cc2)CC1. The molecular formula is C30H33FN4O5. The number of hydrogen-bond acceptors (Lipinski definition) is 6. The Hall–Kier alpha value is -4.28. The summed E-state index contributed by atoms with van der Waals surface area (Å²) in [5.41, 5.74) is 1.46. The normalized spacial score (nSPS) is 14.3. The summed E-state index contributed by atoms with van der Waals surface area (Å²) >= 11 is 0. The first kappa shape index (κ1) is 28.7. The molecule has 9 nitrogen and oxygen atoms in total. The minimum absolute atomic E-state index is 0.0175. The van der Waals surface area contributed by atoms with E-state index in [4.69, 9.17) is 9.47 Å². The van der Waals surface area contributed by atoms with Crippen LogP contribution in [0.2, 0.25) is 0 Å². The highest BCUT2D eigenvalue weighted by molar-refractivity contribution is 5.97. The second kappa shape index (κ2) is 14.2. The van der Waals surface area contributed by atoms with Gasteiger partial charge in [-0.2, -0.15) is 0 Å². The minimum Gasteiger partial charge on any atom is -0.457 e. The fraction of sp³-hybridized carbons (Fsp3) is 0.300. The van der Waals surface area contributed by atoms with Crippen LogP contribution >= 0.6 is 0 Å². The van der Waals surface area contributed by atoms with E-state index >= 15 is 0 Å². The molecule has 1 fully saturated rings. The van der Waals surface area contributed by atoms with Gasteiger partial charge in [-0.25, -0.2) is 4.39 Å². The lowest BCUT2D eigenvalue weighted by Crippen LogP contribution is -2.53. The number of rotatable bonds is 11. The summed E-state index contributed by atoms with van der Waals surface area (Å²) in [6.45, 7) is 4.22. The molecule has 1 aliphatic heterocycles. The molecule has 4 rings (SSSR count). The van der Waals surface area contributed by atoms with E-state index in [9.17, 15) is 18.8 Å². The van der Waals surface area contributed by atoms with Crippen LogP contribution in [0.3, 0.4) is 0 Å². The van der Waals surface area contributed by atoms with E-state index < -0.39 is 11.9 Å². The monoisotopic (exact) mass is 548 g/mol. The topological polar surface area (TPSA) is 100 Å². The Morgan fingerprint density at radius 1 is 0.875 bits per heavy atom. The zero-order valence-corrected chi connectivity index (χ0v) is 22.3. The van der Waals surface area contributed by atoms with Crippen LogP contribution in [0.1, 0.15) is 12.5 Å². The van der Waals surface area contributed by atoms with E-state index in [0.717, 1.165) is 5.56 Å². The van der Waals surface area contributed by atoms with Crippen molar-refractivity contribution in [3.8, 4) is 11.5 Å². The van der Waals surface area contributed by atoms with Crippen LogP contribution in [0.15, 0.2) is 78.9 Å². The van der Waals surface area contributed by atoms with Gasteiger partial charge < -0.3 is 25.0 Å². The summed E-state index contributed by atoms with van der Waals surface area (Å²) < 4.78 is 24.6. The lowest BCUT2D eigenvalue weighted by atomic mass is 10.2. The lowest BCUT2D eigenvalue weighted by Gasteiger charge is -2.33. The van der Waals surface area contributed by atoms with Gasteiger partial charge >= 0.3 is 0 Å². The van der Waals surface area contributed by atoms with E-state index in [1.54, 1.807) is 29.2 Å². The number of carbonyl (C=O) groups is 3. The Balaban J connectivity index is 1.34. The number of nitrogens with one attached hydrogen (secondary N) is 2. The Labute approximate surface area is 232 Å². The largest absolute Gasteiger partial charge is 0.457 e. The molecule has 10 heteroatoms. The highest BCUT2D eigenvalue weighted by Crippen LogP contribution is 2.23. The predicted molar refractivity (Wildman–Crippen MR) is 148 cm³/mol. The number of amides is 3. The van der Waals surface area contributed by atoms with Gasteiger partial charge in [-0.05, 0) is 54.1 Å². The average Bonchev–Trinajstić information content (AvgIpc) is 2.95. The van der Waals surface area contributed by atoms with Crippen molar-refractivity contribution in [2.45, 2.75) is 19.6 Å². The maximum Gasteiger partial charge on any atom is 0.249 e. The quantitative estimate of drug-likeness (QED) is 0.381. The molecule has 1 aliphatic rings. The summed E-state index contributed by atoms with van der Waals surface area (Å²) in [5, 5.41) is 5.62. The molecule has 0 spiro atoms. The molecule has 1 atom stereocenters. The van der Waals surface area contributed by atoms with Gasteiger partial charge in [0.2, 0.25) is 17.7 Å². The van der Waals surface area contributed by atoms with Crippen LogP contribution in [0, 0.1) is 5.82 Å². The van der Waals surface area contributed by atoms with Crippen molar-refractivity contribution >= 4 is 23.4 Å². The number of anilines is 1. The molecule has 0 saturated carbocycles. The standard InChI is InChI=1S/C30H33FN4O5/c1-22(36)35-17-15-34(16-18-35)19-29(37)33-28(21-39-20-23-5-3-2-4-6-23)30(38)32-25-9-13-27(14-10-25)40-26-11-7-24(31)8-12-26/h2-14,28H,15-21H2,1H3,(H,32,38)(H,33,37)/t28-/m0/s1. The number of carbonyl (C=O) groups excluding carboxylic acids is 3. The van der Waals surface area contributed by atoms with Crippen molar-refractivity contribution in [2.24, 2.45) is 0 Å². The van der Waals surface area contributed by atoms with Gasteiger partial charge in [0.05, 0.1) is 19.8 Å². The molecule has 3 aromatic rings.